The lowest BCUT2D eigenvalue weighted by atomic mass is 10.2. The van der Waals surface area contributed by atoms with Crippen LogP contribution in [0.4, 0.5) is 17.3 Å². The third kappa shape index (κ3) is 8.34. The molecule has 0 unspecified atom stereocenters. The fraction of sp³-hybridized carbons (Fsp3) is 0.667. The molecule has 0 bridgehead atoms. The first-order valence-corrected chi connectivity index (χ1v) is 8.90. The molecule has 0 fully saturated rings. The predicted molar refractivity (Wildman–Crippen MR) is 104 cm³/mol. The molecule has 0 atom stereocenters. The topological polar surface area (TPSA) is 100 Å². The summed E-state index contributed by atoms with van der Waals surface area (Å²) in [5.41, 5.74) is 1.28. The molecule has 1 aromatic rings. The van der Waals surface area contributed by atoms with Crippen LogP contribution in [-0.4, -0.2) is 65.8 Å². The maximum absolute atomic E-state index is 9.59. The molecule has 0 spiro atoms. The first-order valence-electron chi connectivity index (χ1n) is 8.90. The minimum atomic E-state index is 0.516. The normalized spacial score (nSPS) is 10.4. The van der Waals surface area contributed by atoms with E-state index in [1.54, 1.807) is 21.3 Å². The van der Waals surface area contributed by atoms with Crippen LogP contribution in [0, 0.1) is 11.3 Å². The van der Waals surface area contributed by atoms with Crippen molar-refractivity contribution in [3.8, 4) is 6.07 Å². The summed E-state index contributed by atoms with van der Waals surface area (Å²) in [6.07, 6.45) is 2.58. The summed E-state index contributed by atoms with van der Waals surface area (Å²) in [6, 6.07) is 4.13. The molecule has 0 amide bonds. The predicted octanol–water partition coefficient (Wildman–Crippen LogP) is 2.30. The van der Waals surface area contributed by atoms with Crippen molar-refractivity contribution >= 4 is 17.3 Å². The largest absolute Gasteiger partial charge is 0.385 e. The molecule has 26 heavy (non-hydrogen) atoms. The van der Waals surface area contributed by atoms with E-state index in [1.165, 1.54) is 0 Å². The Kier molecular flexibility index (Phi) is 11.9. The second kappa shape index (κ2) is 14.1. The van der Waals surface area contributed by atoms with Crippen LogP contribution < -0.4 is 16.0 Å². The molecule has 0 aliphatic carbocycles. The molecule has 0 aliphatic rings. The zero-order valence-electron chi connectivity index (χ0n) is 16.1. The van der Waals surface area contributed by atoms with Crippen LogP contribution in [0.2, 0.25) is 0 Å². The molecule has 146 valence electrons. The lowest BCUT2D eigenvalue weighted by Gasteiger charge is -2.15. The van der Waals surface area contributed by atoms with Gasteiger partial charge in [-0.25, -0.2) is 4.98 Å². The number of hydrogen-bond donors (Lipinski definition) is 3. The van der Waals surface area contributed by atoms with E-state index in [4.69, 9.17) is 14.2 Å². The number of nitriles is 1. The van der Waals surface area contributed by atoms with Gasteiger partial charge in [0.15, 0.2) is 0 Å². The second-order valence-electron chi connectivity index (χ2n) is 5.71. The summed E-state index contributed by atoms with van der Waals surface area (Å²) < 4.78 is 15.2. The van der Waals surface area contributed by atoms with Gasteiger partial charge in [-0.05, 0) is 19.3 Å². The van der Waals surface area contributed by atoms with Crippen LogP contribution in [0.15, 0.2) is 6.07 Å². The average molecular weight is 365 g/mol. The van der Waals surface area contributed by atoms with Crippen LogP contribution in [-0.2, 0) is 14.2 Å². The van der Waals surface area contributed by atoms with Gasteiger partial charge >= 0.3 is 0 Å². The smallest absolute Gasteiger partial charge is 0.148 e. The van der Waals surface area contributed by atoms with E-state index >= 15 is 0 Å². The Labute approximate surface area is 156 Å². The molecule has 0 aromatic carbocycles. The van der Waals surface area contributed by atoms with Gasteiger partial charge in [0.25, 0.3) is 0 Å². The third-order valence-electron chi connectivity index (χ3n) is 3.62. The van der Waals surface area contributed by atoms with Crippen LogP contribution >= 0.6 is 0 Å². The average Bonchev–Trinajstić information content (AvgIpc) is 2.66. The van der Waals surface area contributed by atoms with Gasteiger partial charge in [-0.2, -0.15) is 5.26 Å². The highest BCUT2D eigenvalue weighted by Gasteiger charge is 2.12. The Balaban J connectivity index is 2.85. The number of ether oxygens (including phenoxy) is 3. The van der Waals surface area contributed by atoms with Crippen molar-refractivity contribution in [2.24, 2.45) is 0 Å². The van der Waals surface area contributed by atoms with Crippen LogP contribution in [0.1, 0.15) is 24.8 Å². The number of anilines is 3. The Bertz CT molecular complexity index is 515. The molecule has 0 saturated heterocycles. The van der Waals surface area contributed by atoms with E-state index in [-0.39, 0.29) is 0 Å². The fourth-order valence-electron chi connectivity index (χ4n) is 2.31. The van der Waals surface area contributed by atoms with Crippen molar-refractivity contribution in [3.05, 3.63) is 11.6 Å². The van der Waals surface area contributed by atoms with Crippen molar-refractivity contribution in [1.29, 1.82) is 5.26 Å². The molecule has 0 saturated carbocycles. The highest BCUT2D eigenvalue weighted by Crippen LogP contribution is 2.26. The SMILES string of the molecule is COCCCNc1cc(NCCCOC)c(C#N)c(NCCCOC)n1. The maximum atomic E-state index is 9.59. The maximum Gasteiger partial charge on any atom is 0.148 e. The van der Waals surface area contributed by atoms with Crippen molar-refractivity contribution < 1.29 is 14.2 Å². The number of nitrogens with zero attached hydrogens (tertiary/aromatic N) is 2. The third-order valence-corrected chi connectivity index (χ3v) is 3.62. The van der Waals surface area contributed by atoms with E-state index in [0.29, 0.717) is 37.7 Å². The zero-order chi connectivity index (χ0) is 19.0. The Morgan fingerprint density at radius 1 is 0.885 bits per heavy atom. The molecule has 1 heterocycles. The number of methoxy groups -OCH3 is 3. The highest BCUT2D eigenvalue weighted by molar-refractivity contribution is 5.72. The molecule has 1 aromatic heterocycles. The fourth-order valence-corrected chi connectivity index (χ4v) is 2.31. The summed E-state index contributed by atoms with van der Waals surface area (Å²) in [7, 11) is 5.03. The minimum Gasteiger partial charge on any atom is -0.385 e. The van der Waals surface area contributed by atoms with Crippen molar-refractivity contribution in [1.82, 2.24) is 4.98 Å². The van der Waals surface area contributed by atoms with Gasteiger partial charge in [0.2, 0.25) is 0 Å². The van der Waals surface area contributed by atoms with E-state index in [2.05, 4.69) is 27.0 Å². The van der Waals surface area contributed by atoms with Gasteiger partial charge in [-0.15, -0.1) is 0 Å². The Hall–Kier alpha value is -2.08. The molecule has 8 heteroatoms. The van der Waals surface area contributed by atoms with Crippen LogP contribution in [0.5, 0.6) is 0 Å². The zero-order valence-corrected chi connectivity index (χ0v) is 16.1. The van der Waals surface area contributed by atoms with Gasteiger partial charge in [-0.3, -0.25) is 0 Å². The summed E-state index contributed by atoms with van der Waals surface area (Å²) in [4.78, 5) is 4.55. The Morgan fingerprint density at radius 3 is 1.96 bits per heavy atom. The van der Waals surface area contributed by atoms with Crippen LogP contribution in [0.3, 0.4) is 0 Å². The molecule has 0 radical (unpaired) electrons. The molecular weight excluding hydrogens is 334 g/mol. The van der Waals surface area contributed by atoms with Gasteiger partial charge in [-0.1, -0.05) is 0 Å². The van der Waals surface area contributed by atoms with Crippen LogP contribution in [0.25, 0.3) is 0 Å². The molecule has 0 aliphatic heterocycles. The highest BCUT2D eigenvalue weighted by atomic mass is 16.5. The van der Waals surface area contributed by atoms with E-state index in [0.717, 1.165) is 43.9 Å². The number of rotatable bonds is 15. The summed E-state index contributed by atoms with van der Waals surface area (Å²) >= 11 is 0. The summed E-state index contributed by atoms with van der Waals surface area (Å²) in [6.45, 7) is 4.17. The van der Waals surface area contributed by atoms with Gasteiger partial charge in [0.05, 0.1) is 5.69 Å². The van der Waals surface area contributed by atoms with E-state index in [1.807, 2.05) is 6.07 Å². The van der Waals surface area contributed by atoms with Crippen molar-refractivity contribution in [3.63, 3.8) is 0 Å². The Morgan fingerprint density at radius 2 is 1.42 bits per heavy atom. The number of hydrogen-bond acceptors (Lipinski definition) is 8. The van der Waals surface area contributed by atoms with E-state index in [9.17, 15) is 5.26 Å². The summed E-state index contributed by atoms with van der Waals surface area (Å²) in [5, 5.41) is 19.4. The van der Waals surface area contributed by atoms with Crippen molar-refractivity contribution in [2.75, 3.05) is 76.7 Å². The number of pyridine rings is 1. The molecule has 1 rings (SSSR count). The quantitative estimate of drug-likeness (QED) is 0.407. The number of aromatic nitrogens is 1. The van der Waals surface area contributed by atoms with Crippen molar-refractivity contribution in [2.45, 2.75) is 19.3 Å². The van der Waals surface area contributed by atoms with Gasteiger partial charge in [0.1, 0.15) is 23.3 Å². The first kappa shape index (κ1) is 22.0. The minimum absolute atomic E-state index is 0.516. The molecule has 3 N–H and O–H groups in total. The molecule has 8 nitrogen and oxygen atoms in total. The first-order chi connectivity index (χ1) is 12.8. The monoisotopic (exact) mass is 365 g/mol. The standard InChI is InChI=1S/C18H31N5O3/c1-24-10-4-7-20-16-13-17(21-8-5-11-25-2)23-18(15(16)14-19)22-9-6-12-26-3/h13H,4-12H2,1-3H3,(H3,20,21,22,23). The molecular formula is C18H31N5O3. The van der Waals surface area contributed by atoms with Gasteiger partial charge < -0.3 is 30.2 Å². The second-order valence-corrected chi connectivity index (χ2v) is 5.71. The van der Waals surface area contributed by atoms with Gasteiger partial charge in [0, 0.05) is 66.9 Å². The lowest BCUT2D eigenvalue weighted by Crippen LogP contribution is -2.13. The number of nitrogens with one attached hydrogen (secondary N) is 3. The van der Waals surface area contributed by atoms with E-state index < -0.39 is 0 Å². The lowest BCUT2D eigenvalue weighted by molar-refractivity contribution is 0.197. The summed E-state index contributed by atoms with van der Waals surface area (Å²) in [5.74, 6) is 1.30.